The molecular weight excluding hydrogens is 252 g/mol. The van der Waals surface area contributed by atoms with Gasteiger partial charge >= 0.3 is 0 Å². The van der Waals surface area contributed by atoms with E-state index in [0.717, 1.165) is 5.69 Å². The molecule has 4 heteroatoms. The van der Waals surface area contributed by atoms with Crippen LogP contribution in [0.15, 0.2) is 48.7 Å². The highest BCUT2D eigenvalue weighted by atomic mass is 16.5. The van der Waals surface area contributed by atoms with Gasteiger partial charge in [-0.15, -0.1) is 0 Å². The number of amides is 1. The van der Waals surface area contributed by atoms with Gasteiger partial charge in [0.05, 0.1) is 12.7 Å². The molecule has 2 aromatic rings. The fourth-order valence-electron chi connectivity index (χ4n) is 2.02. The number of ether oxygens (including phenoxy) is 1. The molecule has 20 heavy (non-hydrogen) atoms. The Kier molecular flexibility index (Phi) is 4.71. The minimum atomic E-state index is -0.133. The topological polar surface area (TPSA) is 51.2 Å². The van der Waals surface area contributed by atoms with E-state index in [0.29, 0.717) is 17.7 Å². The molecule has 1 aromatic carbocycles. The van der Waals surface area contributed by atoms with E-state index in [2.05, 4.69) is 10.3 Å². The number of benzene rings is 1. The molecule has 1 atom stereocenters. The Morgan fingerprint density at radius 3 is 2.70 bits per heavy atom. The average Bonchev–Trinajstić information content (AvgIpc) is 2.48. The second kappa shape index (κ2) is 6.70. The number of rotatable bonds is 5. The Morgan fingerprint density at radius 1 is 1.25 bits per heavy atom. The first-order chi connectivity index (χ1) is 9.70. The maximum absolute atomic E-state index is 12.2. The van der Waals surface area contributed by atoms with Gasteiger partial charge in [0.2, 0.25) is 0 Å². The van der Waals surface area contributed by atoms with E-state index in [1.165, 1.54) is 0 Å². The van der Waals surface area contributed by atoms with Crippen LogP contribution in [-0.2, 0) is 6.42 Å². The Balaban J connectivity index is 2.00. The molecule has 1 heterocycles. The lowest BCUT2D eigenvalue weighted by Gasteiger charge is -2.15. The van der Waals surface area contributed by atoms with Crippen LogP contribution in [-0.4, -0.2) is 24.0 Å². The Morgan fingerprint density at radius 2 is 2.00 bits per heavy atom. The van der Waals surface area contributed by atoms with Crippen LogP contribution in [0.5, 0.6) is 5.75 Å². The normalized spacial score (nSPS) is 11.7. The molecule has 0 saturated heterocycles. The van der Waals surface area contributed by atoms with E-state index < -0.39 is 0 Å². The monoisotopic (exact) mass is 270 g/mol. The minimum absolute atomic E-state index is 0.00214. The SMILES string of the molecule is COc1ccccc1C(=O)NC(C)Cc1ccccn1. The molecule has 0 aliphatic heterocycles. The summed E-state index contributed by atoms with van der Waals surface area (Å²) in [6, 6.07) is 13.0. The molecule has 1 unspecified atom stereocenters. The first-order valence-corrected chi connectivity index (χ1v) is 6.54. The van der Waals surface area contributed by atoms with Gasteiger partial charge in [-0.1, -0.05) is 18.2 Å². The summed E-state index contributed by atoms with van der Waals surface area (Å²) in [5, 5.41) is 2.96. The van der Waals surface area contributed by atoms with Gasteiger partial charge in [0.15, 0.2) is 0 Å². The van der Waals surface area contributed by atoms with Crippen molar-refractivity contribution in [2.75, 3.05) is 7.11 Å². The Labute approximate surface area is 118 Å². The van der Waals surface area contributed by atoms with E-state index in [-0.39, 0.29) is 11.9 Å². The first kappa shape index (κ1) is 14.1. The number of hydrogen-bond acceptors (Lipinski definition) is 3. The molecule has 0 saturated carbocycles. The van der Waals surface area contributed by atoms with Gasteiger partial charge in [0, 0.05) is 24.4 Å². The molecule has 0 bridgehead atoms. The van der Waals surface area contributed by atoms with Gasteiger partial charge < -0.3 is 10.1 Å². The highest BCUT2D eigenvalue weighted by Gasteiger charge is 2.14. The summed E-state index contributed by atoms with van der Waals surface area (Å²) in [5.41, 5.74) is 1.50. The van der Waals surface area contributed by atoms with E-state index in [1.807, 2.05) is 37.3 Å². The van der Waals surface area contributed by atoms with Gasteiger partial charge in [-0.3, -0.25) is 9.78 Å². The largest absolute Gasteiger partial charge is 0.496 e. The molecule has 4 nitrogen and oxygen atoms in total. The van der Waals surface area contributed by atoms with Crippen molar-refractivity contribution in [2.24, 2.45) is 0 Å². The van der Waals surface area contributed by atoms with Gasteiger partial charge in [0.1, 0.15) is 5.75 Å². The van der Waals surface area contributed by atoms with E-state index in [9.17, 15) is 4.79 Å². The van der Waals surface area contributed by atoms with Gasteiger partial charge in [0.25, 0.3) is 5.91 Å². The zero-order valence-electron chi connectivity index (χ0n) is 11.7. The molecule has 1 amide bonds. The quantitative estimate of drug-likeness (QED) is 0.908. The van der Waals surface area contributed by atoms with Crippen molar-refractivity contribution in [2.45, 2.75) is 19.4 Å². The zero-order valence-corrected chi connectivity index (χ0v) is 11.7. The van der Waals surface area contributed by atoms with Crippen LogP contribution in [0.1, 0.15) is 23.0 Å². The van der Waals surface area contributed by atoms with Crippen molar-refractivity contribution in [1.82, 2.24) is 10.3 Å². The number of hydrogen-bond donors (Lipinski definition) is 1. The summed E-state index contributed by atoms with van der Waals surface area (Å²) in [4.78, 5) is 16.5. The number of nitrogens with zero attached hydrogens (tertiary/aromatic N) is 1. The van der Waals surface area contributed by atoms with Crippen molar-refractivity contribution in [3.8, 4) is 5.75 Å². The molecule has 0 aliphatic rings. The lowest BCUT2D eigenvalue weighted by molar-refractivity contribution is 0.0937. The van der Waals surface area contributed by atoms with Crippen LogP contribution in [0.3, 0.4) is 0 Å². The molecule has 1 N–H and O–H groups in total. The molecule has 0 aliphatic carbocycles. The van der Waals surface area contributed by atoms with Crippen LogP contribution in [0.4, 0.5) is 0 Å². The molecule has 2 rings (SSSR count). The third kappa shape index (κ3) is 3.57. The summed E-state index contributed by atoms with van der Waals surface area (Å²) in [6.45, 7) is 1.96. The number of carbonyl (C=O) groups excluding carboxylic acids is 1. The van der Waals surface area contributed by atoms with Crippen molar-refractivity contribution >= 4 is 5.91 Å². The second-order valence-corrected chi connectivity index (χ2v) is 4.60. The number of carbonyl (C=O) groups is 1. The predicted octanol–water partition coefficient (Wildman–Crippen LogP) is 2.45. The lowest BCUT2D eigenvalue weighted by Crippen LogP contribution is -2.34. The van der Waals surface area contributed by atoms with Crippen LogP contribution in [0.25, 0.3) is 0 Å². The van der Waals surface area contributed by atoms with Crippen molar-refractivity contribution in [3.63, 3.8) is 0 Å². The fourth-order valence-corrected chi connectivity index (χ4v) is 2.02. The van der Waals surface area contributed by atoms with Gasteiger partial charge in [-0.25, -0.2) is 0 Å². The summed E-state index contributed by atoms with van der Waals surface area (Å²) < 4.78 is 5.19. The highest BCUT2D eigenvalue weighted by Crippen LogP contribution is 2.17. The number of methoxy groups -OCH3 is 1. The number of nitrogens with one attached hydrogen (secondary N) is 1. The van der Waals surface area contributed by atoms with Gasteiger partial charge in [-0.2, -0.15) is 0 Å². The van der Waals surface area contributed by atoms with Crippen LogP contribution in [0, 0.1) is 0 Å². The maximum Gasteiger partial charge on any atom is 0.255 e. The third-order valence-electron chi connectivity index (χ3n) is 2.97. The van der Waals surface area contributed by atoms with Crippen molar-refractivity contribution < 1.29 is 9.53 Å². The molecule has 1 aromatic heterocycles. The van der Waals surface area contributed by atoms with E-state index in [1.54, 1.807) is 25.4 Å². The van der Waals surface area contributed by atoms with Crippen molar-refractivity contribution in [1.29, 1.82) is 0 Å². The standard InChI is InChI=1S/C16H18N2O2/c1-12(11-13-7-5-6-10-17-13)18-16(19)14-8-3-4-9-15(14)20-2/h3-10,12H,11H2,1-2H3,(H,18,19). The smallest absolute Gasteiger partial charge is 0.255 e. The third-order valence-corrected chi connectivity index (χ3v) is 2.97. The summed E-state index contributed by atoms with van der Waals surface area (Å²) in [7, 11) is 1.56. The minimum Gasteiger partial charge on any atom is -0.496 e. The summed E-state index contributed by atoms with van der Waals surface area (Å²) >= 11 is 0. The lowest BCUT2D eigenvalue weighted by atomic mass is 10.1. The number of aromatic nitrogens is 1. The fraction of sp³-hybridized carbons (Fsp3) is 0.250. The molecule has 0 fully saturated rings. The molecular formula is C16H18N2O2. The highest BCUT2D eigenvalue weighted by molar-refractivity contribution is 5.97. The van der Waals surface area contributed by atoms with Crippen LogP contribution >= 0.6 is 0 Å². The van der Waals surface area contributed by atoms with E-state index >= 15 is 0 Å². The van der Waals surface area contributed by atoms with Crippen LogP contribution in [0.2, 0.25) is 0 Å². The number of pyridine rings is 1. The maximum atomic E-state index is 12.2. The first-order valence-electron chi connectivity index (χ1n) is 6.54. The predicted molar refractivity (Wildman–Crippen MR) is 77.9 cm³/mol. The van der Waals surface area contributed by atoms with E-state index in [4.69, 9.17) is 4.74 Å². The molecule has 0 spiro atoms. The summed E-state index contributed by atoms with van der Waals surface area (Å²) in [6.07, 6.45) is 2.45. The van der Waals surface area contributed by atoms with Crippen molar-refractivity contribution in [3.05, 3.63) is 59.9 Å². The second-order valence-electron chi connectivity index (χ2n) is 4.60. The van der Waals surface area contributed by atoms with Gasteiger partial charge in [-0.05, 0) is 31.2 Å². The average molecular weight is 270 g/mol. The zero-order chi connectivity index (χ0) is 14.4. The Hall–Kier alpha value is -2.36. The molecule has 104 valence electrons. The van der Waals surface area contributed by atoms with Crippen LogP contribution < -0.4 is 10.1 Å². The Bertz CT molecular complexity index is 570. The molecule has 0 radical (unpaired) electrons. The number of para-hydroxylation sites is 1. The summed E-state index contributed by atoms with van der Waals surface area (Å²) in [5.74, 6) is 0.445.